The number of alkyl halides is 6. The Morgan fingerprint density at radius 2 is 1.64 bits per heavy atom. The van der Waals surface area contributed by atoms with Crippen LogP contribution in [0.5, 0.6) is 0 Å². The smallest absolute Gasteiger partial charge is 0.384 e. The molecule has 0 saturated carbocycles. The number of aliphatic hydroxyl groups excluding tert-OH is 1. The molecule has 2 aromatic rings. The molecule has 3 nitrogen and oxygen atoms in total. The Kier molecular flexibility index (Phi) is 7.73. The summed E-state index contributed by atoms with van der Waals surface area (Å²) < 4.78 is 91.1. The van der Waals surface area contributed by atoms with E-state index in [1.807, 2.05) is 12.1 Å². The minimum atomic E-state index is -4.95. The summed E-state index contributed by atoms with van der Waals surface area (Å²) in [5, 5.41) is 9.08. The normalized spacial score (nSPS) is 22.4. The molecule has 0 amide bonds. The molecule has 0 aromatic heterocycles. The maximum Gasteiger partial charge on any atom is 0.416 e. The minimum Gasteiger partial charge on any atom is -0.384 e. The third-order valence-electron chi connectivity index (χ3n) is 5.41. The van der Waals surface area contributed by atoms with Crippen molar-refractivity contribution in [3.05, 3.63) is 70.8 Å². The molecule has 1 N–H and O–H groups in total. The molecule has 178 valence electrons. The van der Waals surface area contributed by atoms with E-state index in [0.717, 1.165) is 5.56 Å². The van der Waals surface area contributed by atoms with Gasteiger partial charge in [0.1, 0.15) is 6.61 Å². The van der Waals surface area contributed by atoms with Gasteiger partial charge in [-0.3, -0.25) is 0 Å². The van der Waals surface area contributed by atoms with Crippen LogP contribution in [0, 0.1) is 17.8 Å². The first-order chi connectivity index (χ1) is 15.5. The highest BCUT2D eigenvalue weighted by Crippen LogP contribution is 2.41. The average molecular weight is 472 g/mol. The first-order valence-electron chi connectivity index (χ1n) is 10.2. The molecule has 2 aromatic carbocycles. The van der Waals surface area contributed by atoms with Gasteiger partial charge in [0.15, 0.2) is 6.29 Å². The predicted octanol–water partition coefficient (Wildman–Crippen LogP) is 5.94. The van der Waals surface area contributed by atoms with Gasteiger partial charge in [-0.1, -0.05) is 42.2 Å². The minimum absolute atomic E-state index is 0.0839. The summed E-state index contributed by atoms with van der Waals surface area (Å²) in [4.78, 5) is 0. The van der Waals surface area contributed by atoms with Gasteiger partial charge in [-0.15, -0.1) is 0 Å². The lowest BCUT2D eigenvalue weighted by molar-refractivity contribution is -0.204. The molecule has 9 heteroatoms. The summed E-state index contributed by atoms with van der Waals surface area (Å²) in [6.45, 7) is 1.28. The molecule has 1 aliphatic heterocycles. The van der Waals surface area contributed by atoms with Gasteiger partial charge in [-0.2, -0.15) is 26.3 Å². The van der Waals surface area contributed by atoms with E-state index >= 15 is 0 Å². The second-order valence-electron chi connectivity index (χ2n) is 7.67. The molecule has 3 rings (SSSR count). The molecule has 33 heavy (non-hydrogen) atoms. The van der Waals surface area contributed by atoms with Gasteiger partial charge in [-0.05, 0) is 42.7 Å². The van der Waals surface area contributed by atoms with Crippen molar-refractivity contribution < 1.29 is 40.9 Å². The lowest BCUT2D eigenvalue weighted by Gasteiger charge is -2.37. The lowest BCUT2D eigenvalue weighted by atomic mass is 9.82. The summed E-state index contributed by atoms with van der Waals surface area (Å²) in [6.07, 6.45) is -11.5. The molecule has 0 radical (unpaired) electrons. The molecule has 0 bridgehead atoms. The van der Waals surface area contributed by atoms with Crippen molar-refractivity contribution in [2.45, 2.75) is 44.0 Å². The fraction of sp³-hybridized carbons (Fsp3) is 0.417. The van der Waals surface area contributed by atoms with E-state index in [1.165, 1.54) is 6.92 Å². The monoisotopic (exact) mass is 472 g/mol. The second kappa shape index (κ2) is 10.2. The Labute approximate surface area is 187 Å². The second-order valence-corrected chi connectivity index (χ2v) is 7.67. The summed E-state index contributed by atoms with van der Waals surface area (Å²) in [6, 6.07) is 10.4. The molecular weight excluding hydrogens is 450 g/mol. The van der Waals surface area contributed by atoms with Gasteiger partial charge in [0.05, 0.1) is 23.8 Å². The molecule has 1 aliphatic rings. The standard InChI is InChI=1S/C24H22F6O3/c1-15(18-12-19(23(25,26)27)14-20(13-18)24(28,29)30)33-22-21(16-6-3-2-4-7-16)17(8-5-10-31)9-11-32-22/h2-4,6-7,12-15,17,21-22,31H,9-11H2,1H3. The van der Waals surface area contributed by atoms with Crippen LogP contribution in [0.2, 0.25) is 0 Å². The van der Waals surface area contributed by atoms with Crippen LogP contribution in [-0.4, -0.2) is 24.6 Å². The van der Waals surface area contributed by atoms with E-state index < -0.39 is 41.8 Å². The first-order valence-corrected chi connectivity index (χ1v) is 10.2. The third-order valence-corrected chi connectivity index (χ3v) is 5.41. The highest BCUT2D eigenvalue weighted by Gasteiger charge is 2.39. The Balaban J connectivity index is 1.95. The molecule has 0 aliphatic carbocycles. The van der Waals surface area contributed by atoms with E-state index in [-0.39, 0.29) is 30.8 Å². The quantitative estimate of drug-likeness (QED) is 0.442. The van der Waals surface area contributed by atoms with E-state index in [9.17, 15) is 26.3 Å². The van der Waals surface area contributed by atoms with E-state index in [0.29, 0.717) is 18.6 Å². The number of hydrogen-bond donors (Lipinski definition) is 1. The molecule has 1 heterocycles. The van der Waals surface area contributed by atoms with Crippen LogP contribution in [0.3, 0.4) is 0 Å². The van der Waals surface area contributed by atoms with E-state index in [2.05, 4.69) is 11.8 Å². The molecule has 0 spiro atoms. The van der Waals surface area contributed by atoms with Crippen LogP contribution in [0.4, 0.5) is 26.3 Å². The topological polar surface area (TPSA) is 38.7 Å². The van der Waals surface area contributed by atoms with Crippen molar-refractivity contribution in [3.8, 4) is 11.8 Å². The number of ether oxygens (including phenoxy) is 2. The van der Waals surface area contributed by atoms with E-state index in [4.69, 9.17) is 14.6 Å². The third kappa shape index (κ3) is 6.28. The summed E-state index contributed by atoms with van der Waals surface area (Å²) >= 11 is 0. The Morgan fingerprint density at radius 1 is 1.03 bits per heavy atom. The van der Waals surface area contributed by atoms with Crippen LogP contribution in [0.25, 0.3) is 0 Å². The predicted molar refractivity (Wildman–Crippen MR) is 108 cm³/mol. The maximum absolute atomic E-state index is 13.2. The number of benzene rings is 2. The van der Waals surface area contributed by atoms with E-state index in [1.54, 1.807) is 18.2 Å². The highest BCUT2D eigenvalue weighted by molar-refractivity contribution is 5.35. The first kappa shape index (κ1) is 25.1. The number of halogens is 6. The zero-order chi connectivity index (χ0) is 24.2. The number of rotatable bonds is 4. The van der Waals surface area contributed by atoms with Crippen molar-refractivity contribution in [2.75, 3.05) is 13.2 Å². The van der Waals surface area contributed by atoms with Crippen molar-refractivity contribution in [1.29, 1.82) is 0 Å². The Morgan fingerprint density at radius 3 is 2.18 bits per heavy atom. The van der Waals surface area contributed by atoms with Gasteiger partial charge in [0.25, 0.3) is 0 Å². The number of aliphatic hydroxyl groups is 1. The van der Waals surface area contributed by atoms with Crippen LogP contribution in [0.1, 0.15) is 47.6 Å². The van der Waals surface area contributed by atoms with Gasteiger partial charge in [0, 0.05) is 11.8 Å². The summed E-state index contributed by atoms with van der Waals surface area (Å²) in [7, 11) is 0. The summed E-state index contributed by atoms with van der Waals surface area (Å²) in [5.41, 5.74) is -2.28. The number of hydrogen-bond acceptors (Lipinski definition) is 3. The molecular formula is C24H22F6O3. The van der Waals surface area contributed by atoms with Crippen molar-refractivity contribution in [2.24, 2.45) is 5.92 Å². The highest BCUT2D eigenvalue weighted by atomic mass is 19.4. The Bertz CT molecular complexity index is 959. The van der Waals surface area contributed by atoms with Crippen molar-refractivity contribution in [1.82, 2.24) is 0 Å². The average Bonchev–Trinajstić information content (AvgIpc) is 2.76. The molecule has 4 unspecified atom stereocenters. The van der Waals surface area contributed by atoms with Gasteiger partial charge < -0.3 is 14.6 Å². The Hall–Kier alpha value is -2.54. The van der Waals surface area contributed by atoms with Gasteiger partial charge >= 0.3 is 12.4 Å². The van der Waals surface area contributed by atoms with Crippen molar-refractivity contribution >= 4 is 0 Å². The van der Waals surface area contributed by atoms with Gasteiger partial charge in [0.2, 0.25) is 0 Å². The van der Waals surface area contributed by atoms with Crippen LogP contribution >= 0.6 is 0 Å². The molecule has 1 saturated heterocycles. The lowest BCUT2D eigenvalue weighted by Crippen LogP contribution is -2.37. The van der Waals surface area contributed by atoms with Crippen LogP contribution in [0.15, 0.2) is 48.5 Å². The SMILES string of the molecule is CC(OC1OCCC(C#CCO)C1c1ccccc1)c1cc(C(F)(F)F)cc(C(F)(F)F)c1. The maximum atomic E-state index is 13.2. The fourth-order valence-electron chi connectivity index (χ4n) is 3.80. The zero-order valence-electron chi connectivity index (χ0n) is 17.6. The van der Waals surface area contributed by atoms with Crippen molar-refractivity contribution in [3.63, 3.8) is 0 Å². The van der Waals surface area contributed by atoms with Gasteiger partial charge in [-0.25, -0.2) is 0 Å². The molecule has 4 atom stereocenters. The molecule has 1 fully saturated rings. The van der Waals surface area contributed by atoms with Crippen LogP contribution < -0.4 is 0 Å². The van der Waals surface area contributed by atoms with Crippen LogP contribution in [-0.2, 0) is 21.8 Å². The zero-order valence-corrected chi connectivity index (χ0v) is 17.6. The summed E-state index contributed by atoms with van der Waals surface area (Å²) in [5.74, 6) is 4.85. The fourth-order valence-corrected chi connectivity index (χ4v) is 3.80. The largest absolute Gasteiger partial charge is 0.416 e.